The highest BCUT2D eigenvalue weighted by Crippen LogP contribution is 2.35. The molecule has 0 atom stereocenters. The third-order valence-corrected chi connectivity index (χ3v) is 6.93. The van der Waals surface area contributed by atoms with E-state index in [1.54, 1.807) is 0 Å². The summed E-state index contributed by atoms with van der Waals surface area (Å²) >= 11 is 1.33. The van der Waals surface area contributed by atoms with Gasteiger partial charge in [0.1, 0.15) is 15.8 Å². The average Bonchev–Trinajstić information content (AvgIpc) is 2.74. The van der Waals surface area contributed by atoms with Crippen LogP contribution in [-0.2, 0) is 27.6 Å². The highest BCUT2D eigenvalue weighted by molar-refractivity contribution is 7.92. The molecule has 6 nitrogen and oxygen atoms in total. The molecule has 0 bridgehead atoms. The number of carbonyl (C=O) groups excluding carboxylic acids is 1. The molecule has 2 rings (SSSR count). The van der Waals surface area contributed by atoms with Gasteiger partial charge in [0, 0.05) is 17.7 Å². The van der Waals surface area contributed by atoms with E-state index < -0.39 is 20.5 Å². The molecule has 0 saturated heterocycles. The van der Waals surface area contributed by atoms with Crippen LogP contribution in [0.15, 0.2) is 0 Å². The number of thiophene rings is 1. The van der Waals surface area contributed by atoms with Crippen molar-refractivity contribution < 1.29 is 13.2 Å². The molecule has 8 heteroatoms. The molecule has 0 unspecified atom stereocenters. The minimum absolute atomic E-state index is 0.438. The second-order valence-electron chi connectivity index (χ2n) is 5.48. The quantitative estimate of drug-likeness (QED) is 0.864. The lowest BCUT2D eigenvalue weighted by Crippen LogP contribution is -2.43. The fourth-order valence-corrected chi connectivity index (χ4v) is 3.51. The molecule has 2 N–H and O–H groups in total. The van der Waals surface area contributed by atoms with Crippen LogP contribution in [0.25, 0.3) is 0 Å². The molecule has 0 fully saturated rings. The van der Waals surface area contributed by atoms with Gasteiger partial charge in [-0.1, -0.05) is 0 Å². The van der Waals surface area contributed by atoms with Gasteiger partial charge in [-0.2, -0.15) is 5.26 Å². The standard InChI is InChI=1S/C13H17N3O3S2/c1-13(2,21(3,18)19)12(17)16-11-9(6-14)8-4-5-15-7-10(8)20-11/h15H,4-5,7H2,1-3H3,(H,16,17). The van der Waals surface area contributed by atoms with Crippen molar-refractivity contribution in [1.82, 2.24) is 5.32 Å². The summed E-state index contributed by atoms with van der Waals surface area (Å²) < 4.78 is 21.9. The summed E-state index contributed by atoms with van der Waals surface area (Å²) in [6.07, 6.45) is 1.77. The maximum Gasteiger partial charge on any atom is 0.245 e. The van der Waals surface area contributed by atoms with Gasteiger partial charge in [0.2, 0.25) is 5.91 Å². The topological polar surface area (TPSA) is 99.1 Å². The predicted molar refractivity (Wildman–Crippen MR) is 82.0 cm³/mol. The minimum Gasteiger partial charge on any atom is -0.315 e. The van der Waals surface area contributed by atoms with E-state index in [2.05, 4.69) is 16.7 Å². The molecule has 1 aromatic rings. The predicted octanol–water partition coefficient (Wildman–Crippen LogP) is 1.03. The summed E-state index contributed by atoms with van der Waals surface area (Å²) in [4.78, 5) is 13.3. The molecule has 1 aliphatic rings. The van der Waals surface area contributed by atoms with E-state index in [-0.39, 0.29) is 0 Å². The normalized spacial score (nSPS) is 15.1. The molecule has 1 aliphatic heterocycles. The van der Waals surface area contributed by atoms with E-state index in [4.69, 9.17) is 0 Å². The summed E-state index contributed by atoms with van der Waals surface area (Å²) in [6.45, 7) is 4.18. The molecular formula is C13H17N3O3S2. The summed E-state index contributed by atoms with van der Waals surface area (Å²) in [7, 11) is -3.55. The summed E-state index contributed by atoms with van der Waals surface area (Å²) in [6, 6.07) is 2.12. The molecule has 1 amide bonds. The Kier molecular flexibility index (Phi) is 4.10. The Morgan fingerprint density at radius 1 is 1.48 bits per heavy atom. The number of fused-ring (bicyclic) bond motifs is 1. The summed E-state index contributed by atoms with van der Waals surface area (Å²) in [5.41, 5.74) is 1.41. The zero-order chi connectivity index (χ0) is 15.8. The number of nitrogens with one attached hydrogen (secondary N) is 2. The van der Waals surface area contributed by atoms with E-state index in [0.29, 0.717) is 17.1 Å². The van der Waals surface area contributed by atoms with Crippen LogP contribution in [0.3, 0.4) is 0 Å². The van der Waals surface area contributed by atoms with Gasteiger partial charge in [0.25, 0.3) is 0 Å². The zero-order valence-corrected chi connectivity index (χ0v) is 13.7. The zero-order valence-electron chi connectivity index (χ0n) is 12.1. The van der Waals surface area contributed by atoms with Gasteiger partial charge in [0.05, 0.1) is 5.56 Å². The lowest BCUT2D eigenvalue weighted by molar-refractivity contribution is -0.117. The monoisotopic (exact) mass is 327 g/mol. The SMILES string of the molecule is CC(C)(C(=O)Nc1sc2c(c1C#N)CCNC2)S(C)(=O)=O. The molecule has 0 radical (unpaired) electrons. The minimum atomic E-state index is -3.55. The number of sulfone groups is 1. The Morgan fingerprint density at radius 3 is 2.71 bits per heavy atom. The smallest absolute Gasteiger partial charge is 0.245 e. The highest BCUT2D eigenvalue weighted by Gasteiger charge is 2.39. The van der Waals surface area contributed by atoms with Gasteiger partial charge in [-0.05, 0) is 32.4 Å². The number of hydrogen-bond donors (Lipinski definition) is 2. The fraction of sp³-hybridized carbons (Fsp3) is 0.538. The lowest BCUT2D eigenvalue weighted by atomic mass is 10.0. The van der Waals surface area contributed by atoms with Crippen LogP contribution >= 0.6 is 11.3 Å². The van der Waals surface area contributed by atoms with Crippen molar-refractivity contribution in [2.24, 2.45) is 0 Å². The van der Waals surface area contributed by atoms with Gasteiger partial charge in [-0.15, -0.1) is 11.3 Å². The van der Waals surface area contributed by atoms with Crippen LogP contribution in [0.1, 0.15) is 29.9 Å². The molecule has 114 valence electrons. The third-order valence-electron chi connectivity index (χ3n) is 3.74. The van der Waals surface area contributed by atoms with E-state index in [1.807, 2.05) is 0 Å². The van der Waals surface area contributed by atoms with Gasteiger partial charge in [-0.25, -0.2) is 8.42 Å². The Labute approximate surface area is 128 Å². The number of carbonyl (C=O) groups is 1. The molecule has 1 aromatic heterocycles. The van der Waals surface area contributed by atoms with Crippen LogP contribution in [-0.4, -0.2) is 31.9 Å². The summed E-state index contributed by atoms with van der Waals surface area (Å²) in [5.74, 6) is -0.618. The molecule has 0 spiro atoms. The third kappa shape index (κ3) is 2.81. The van der Waals surface area contributed by atoms with E-state index >= 15 is 0 Å². The van der Waals surface area contributed by atoms with Crippen molar-refractivity contribution in [3.05, 3.63) is 16.0 Å². The van der Waals surface area contributed by atoms with E-state index in [1.165, 1.54) is 25.2 Å². The van der Waals surface area contributed by atoms with Gasteiger partial charge in [-0.3, -0.25) is 4.79 Å². The number of hydrogen-bond acceptors (Lipinski definition) is 6. The second kappa shape index (κ2) is 5.40. The van der Waals surface area contributed by atoms with Crippen molar-refractivity contribution in [3.63, 3.8) is 0 Å². The van der Waals surface area contributed by atoms with Crippen molar-refractivity contribution in [1.29, 1.82) is 5.26 Å². The van der Waals surface area contributed by atoms with E-state index in [0.717, 1.165) is 29.7 Å². The Bertz CT molecular complexity index is 727. The van der Waals surface area contributed by atoms with Crippen LogP contribution in [0.5, 0.6) is 0 Å². The maximum absolute atomic E-state index is 12.3. The molecule has 0 aliphatic carbocycles. The van der Waals surface area contributed by atoms with Gasteiger partial charge >= 0.3 is 0 Å². The van der Waals surface area contributed by atoms with Crippen LogP contribution < -0.4 is 10.6 Å². The Morgan fingerprint density at radius 2 is 2.14 bits per heavy atom. The van der Waals surface area contributed by atoms with Crippen LogP contribution in [0.2, 0.25) is 0 Å². The van der Waals surface area contributed by atoms with Crippen LogP contribution in [0.4, 0.5) is 5.00 Å². The van der Waals surface area contributed by atoms with E-state index in [9.17, 15) is 18.5 Å². The summed E-state index contributed by atoms with van der Waals surface area (Å²) in [5, 5.41) is 15.6. The number of rotatable bonds is 3. The number of nitriles is 1. The first-order valence-corrected chi connectivity index (χ1v) is 9.15. The second-order valence-corrected chi connectivity index (χ2v) is 9.15. The van der Waals surface area contributed by atoms with Gasteiger partial charge in [0.15, 0.2) is 9.84 Å². The number of anilines is 1. The Hall–Kier alpha value is -1.43. The molecule has 0 aromatic carbocycles. The largest absolute Gasteiger partial charge is 0.315 e. The molecule has 21 heavy (non-hydrogen) atoms. The molecular weight excluding hydrogens is 310 g/mol. The highest BCUT2D eigenvalue weighted by atomic mass is 32.2. The molecule has 0 saturated carbocycles. The lowest BCUT2D eigenvalue weighted by Gasteiger charge is -2.20. The maximum atomic E-state index is 12.3. The first kappa shape index (κ1) is 15.9. The van der Waals surface area contributed by atoms with Crippen molar-refractivity contribution >= 4 is 32.1 Å². The average molecular weight is 327 g/mol. The fourth-order valence-electron chi connectivity index (χ4n) is 1.96. The Balaban J connectivity index is 2.35. The van der Waals surface area contributed by atoms with Gasteiger partial charge < -0.3 is 10.6 Å². The number of nitrogens with zero attached hydrogens (tertiary/aromatic N) is 1. The van der Waals surface area contributed by atoms with Crippen molar-refractivity contribution in [3.8, 4) is 6.07 Å². The van der Waals surface area contributed by atoms with Crippen LogP contribution in [0, 0.1) is 11.3 Å². The molecule has 2 heterocycles. The van der Waals surface area contributed by atoms with Crippen molar-refractivity contribution in [2.75, 3.05) is 18.1 Å². The number of amides is 1. The van der Waals surface area contributed by atoms with Crippen molar-refractivity contribution in [2.45, 2.75) is 31.6 Å². The first-order chi connectivity index (χ1) is 9.68. The first-order valence-electron chi connectivity index (χ1n) is 6.45.